The molecule has 0 fully saturated rings. The summed E-state index contributed by atoms with van der Waals surface area (Å²) in [6.45, 7) is 10.4. The van der Waals surface area contributed by atoms with Gasteiger partial charge in [-0.2, -0.15) is 0 Å². The van der Waals surface area contributed by atoms with Gasteiger partial charge < -0.3 is 19.5 Å². The van der Waals surface area contributed by atoms with Crippen molar-refractivity contribution in [2.24, 2.45) is 16.6 Å². The van der Waals surface area contributed by atoms with Crippen LogP contribution in [0.4, 0.5) is 8.78 Å². The Balaban J connectivity index is 0. The van der Waals surface area contributed by atoms with E-state index in [2.05, 4.69) is 31.8 Å². The van der Waals surface area contributed by atoms with Crippen LogP contribution in [0.5, 0.6) is 0 Å². The van der Waals surface area contributed by atoms with Gasteiger partial charge in [0.05, 0.1) is 0 Å². The molecule has 2 nitrogen and oxygen atoms in total. The zero-order valence-electron chi connectivity index (χ0n) is 21.2. The molecule has 0 bridgehead atoms. The number of nitrogens with zero attached hydrogens (tertiary/aromatic N) is 1. The topological polar surface area (TPSA) is 38.4 Å². The maximum atomic E-state index is 9.50. The molecule has 0 radical (unpaired) electrons. The quantitative estimate of drug-likeness (QED) is 0.236. The van der Waals surface area contributed by atoms with Crippen molar-refractivity contribution in [3.05, 3.63) is 83.2 Å². The van der Waals surface area contributed by atoms with E-state index in [1.54, 1.807) is 6.07 Å². The van der Waals surface area contributed by atoms with Crippen molar-refractivity contribution in [3.63, 3.8) is 0 Å². The van der Waals surface area contributed by atoms with Gasteiger partial charge in [-0.25, -0.2) is 0 Å². The minimum Gasteiger partial charge on any atom is -0.425 e. The molecule has 0 aromatic heterocycles. The van der Waals surface area contributed by atoms with Crippen LogP contribution in [0.25, 0.3) is 5.70 Å². The number of fused-ring (bicyclic) bond motifs is 1. The second-order valence-electron chi connectivity index (χ2n) is 7.64. The van der Waals surface area contributed by atoms with E-state index in [1.165, 1.54) is 32.1 Å². The number of halogens is 3. The molecule has 2 aromatic rings. The summed E-state index contributed by atoms with van der Waals surface area (Å²) in [4.78, 5) is 4.60. The molecule has 0 unspecified atom stereocenters. The molecular formula is C28H39ClF2N2U. The van der Waals surface area contributed by atoms with Crippen molar-refractivity contribution >= 4 is 23.0 Å². The van der Waals surface area contributed by atoms with Gasteiger partial charge in [0.2, 0.25) is 0 Å². The van der Waals surface area contributed by atoms with Crippen LogP contribution in [-0.4, -0.2) is 12.3 Å². The maximum Gasteiger partial charge on any atom is 2.00 e. The van der Waals surface area contributed by atoms with Crippen LogP contribution in [0, 0.1) is 50.0 Å². The van der Waals surface area contributed by atoms with E-state index in [0.29, 0.717) is 11.6 Å². The summed E-state index contributed by atoms with van der Waals surface area (Å²) in [5.41, 5.74) is 10.7. The minimum absolute atomic E-state index is 0. The number of hydrogen-bond donors (Lipinski definition) is 1. The summed E-state index contributed by atoms with van der Waals surface area (Å²) in [6, 6.07) is 16.7. The third-order valence-electron chi connectivity index (χ3n) is 4.72. The summed E-state index contributed by atoms with van der Waals surface area (Å²) >= 11 is 5.90. The molecular weight excluding hydrogens is 676 g/mol. The van der Waals surface area contributed by atoms with Crippen molar-refractivity contribution in [2.75, 3.05) is 6.54 Å². The summed E-state index contributed by atoms with van der Waals surface area (Å²) < 4.78 is 19.0. The Morgan fingerprint density at radius 2 is 1.68 bits per heavy atom. The monoisotopic (exact) mass is 714 g/mol. The summed E-state index contributed by atoms with van der Waals surface area (Å²) in [7, 11) is 0. The van der Waals surface area contributed by atoms with Crippen molar-refractivity contribution in [1.82, 2.24) is 0 Å². The summed E-state index contributed by atoms with van der Waals surface area (Å²) in [6.07, 6.45) is 9.01. The average molecular weight is 715 g/mol. The van der Waals surface area contributed by atoms with Crippen LogP contribution >= 0.6 is 11.6 Å². The van der Waals surface area contributed by atoms with Crippen LogP contribution < -0.4 is 5.73 Å². The van der Waals surface area contributed by atoms with E-state index >= 15 is 0 Å². The molecule has 0 saturated carbocycles. The Kier molecular flexibility index (Phi) is 23.0. The van der Waals surface area contributed by atoms with Gasteiger partial charge in [-0.15, -0.1) is 41.4 Å². The van der Waals surface area contributed by atoms with E-state index < -0.39 is 6.93 Å². The molecule has 1 aliphatic heterocycles. The molecule has 186 valence electrons. The largest absolute Gasteiger partial charge is 2.00 e. The van der Waals surface area contributed by atoms with Crippen LogP contribution in [0.1, 0.15) is 83.4 Å². The fraction of sp³-hybridized carbons (Fsp3) is 0.429. The molecule has 6 heteroatoms. The molecule has 0 aliphatic carbocycles. The first-order valence-electron chi connectivity index (χ1n) is 11.7. The fourth-order valence-corrected chi connectivity index (χ4v) is 3.25. The van der Waals surface area contributed by atoms with Gasteiger partial charge in [-0.1, -0.05) is 91.0 Å². The molecule has 0 amide bonds. The third-order valence-corrected chi connectivity index (χ3v) is 4.95. The van der Waals surface area contributed by atoms with Crippen LogP contribution in [0.3, 0.4) is 0 Å². The first-order chi connectivity index (χ1) is 15.9. The van der Waals surface area contributed by atoms with Crippen molar-refractivity contribution in [2.45, 2.75) is 66.7 Å². The molecule has 2 N–H and O–H groups in total. The zero-order chi connectivity index (χ0) is 25.1. The van der Waals surface area contributed by atoms with Crippen LogP contribution in [0.2, 0.25) is 5.02 Å². The zero-order valence-corrected chi connectivity index (χ0v) is 26.1. The van der Waals surface area contributed by atoms with Gasteiger partial charge >= 0.3 is 31.1 Å². The Labute approximate surface area is 234 Å². The van der Waals surface area contributed by atoms with Gasteiger partial charge in [-0.3, -0.25) is 0 Å². The molecule has 0 saturated heterocycles. The van der Waals surface area contributed by atoms with Gasteiger partial charge in [0.1, 0.15) is 0 Å². The number of benzene rings is 2. The second kappa shape index (κ2) is 22.3. The van der Waals surface area contributed by atoms with Crippen molar-refractivity contribution in [3.8, 4) is 0 Å². The fourth-order valence-electron chi connectivity index (χ4n) is 3.13. The Morgan fingerprint density at radius 1 is 1.06 bits per heavy atom. The first-order valence-corrected chi connectivity index (χ1v) is 12.1. The maximum absolute atomic E-state index is 9.50. The standard InChI is InChI=1S/C16H12ClN2.C9H20.C2H6.CHF2.U/c17-12-7-5-11(6-8-12)16-14-4-2-1-3-13(14)15(18)9-10-19-16;1-4-5-6-7-8-9(2)3;1-2;2-1-3;/h1-5,7-9H,10,18H2;9H,4-8H2,1-3H3;1-2H3;1H;/q-1;;;-1;+2. The smallest absolute Gasteiger partial charge is 0.425 e. The van der Waals surface area contributed by atoms with Gasteiger partial charge in [0, 0.05) is 12.2 Å². The average Bonchev–Trinajstić information content (AvgIpc) is 2.99. The number of hydrogen-bond acceptors (Lipinski definition) is 2. The second-order valence-corrected chi connectivity index (χ2v) is 8.08. The molecule has 1 aliphatic rings. The van der Waals surface area contributed by atoms with Gasteiger partial charge in [-0.05, 0) is 40.8 Å². The summed E-state index contributed by atoms with van der Waals surface area (Å²) in [5.74, 6) is 0.904. The number of aliphatic imine (C=N–C) groups is 1. The Bertz CT molecular complexity index is 821. The minimum atomic E-state index is -1.00. The predicted molar refractivity (Wildman–Crippen MR) is 141 cm³/mol. The van der Waals surface area contributed by atoms with E-state index in [-0.39, 0.29) is 31.1 Å². The Morgan fingerprint density at radius 3 is 2.21 bits per heavy atom. The predicted octanol–water partition coefficient (Wildman–Crippen LogP) is 8.97. The Hall–Kier alpha value is -1.15. The van der Waals surface area contributed by atoms with Crippen molar-refractivity contribution in [1.29, 1.82) is 0 Å². The SMILES string of the molecule is CC.CCCCCCC(C)C.F[CH-]F.NC1=CCN=C(c2[c-]cc(Cl)cc2)c2ccccc21.[U+2]. The first kappa shape index (κ1) is 35.0. The summed E-state index contributed by atoms with van der Waals surface area (Å²) in [5, 5.41) is 0.670. The van der Waals surface area contributed by atoms with Crippen molar-refractivity contribution < 1.29 is 39.9 Å². The number of rotatable bonds is 6. The van der Waals surface area contributed by atoms with Crippen LogP contribution in [0.15, 0.2) is 53.5 Å². The van der Waals surface area contributed by atoms with E-state index in [4.69, 9.17) is 17.3 Å². The number of nitrogens with two attached hydrogens (primary N) is 1. The van der Waals surface area contributed by atoms with E-state index in [0.717, 1.165) is 34.0 Å². The molecule has 1 heterocycles. The molecule has 2 aromatic carbocycles. The van der Waals surface area contributed by atoms with Gasteiger partial charge in [0.15, 0.2) is 0 Å². The van der Waals surface area contributed by atoms with E-state index in [1.807, 2.05) is 56.3 Å². The molecule has 0 spiro atoms. The third kappa shape index (κ3) is 14.3. The van der Waals surface area contributed by atoms with E-state index in [9.17, 15) is 8.78 Å². The molecule has 34 heavy (non-hydrogen) atoms. The molecule has 3 rings (SSSR count). The number of unbranched alkanes of at least 4 members (excludes halogenated alkanes) is 3. The van der Waals surface area contributed by atoms with Crippen LogP contribution in [-0.2, 0) is 0 Å². The molecule has 0 atom stereocenters. The normalized spacial score (nSPS) is 11.4. The van der Waals surface area contributed by atoms with Gasteiger partial charge in [0.25, 0.3) is 0 Å².